The van der Waals surface area contributed by atoms with Gasteiger partial charge in [0, 0.05) is 28.6 Å². The normalized spacial score (nSPS) is 10.8. The summed E-state index contributed by atoms with van der Waals surface area (Å²) in [5.74, 6) is 1.29. The molecule has 6 nitrogen and oxygen atoms in total. The number of benzene rings is 2. The van der Waals surface area contributed by atoms with Crippen LogP contribution in [0.25, 0.3) is 33.6 Å². The van der Waals surface area contributed by atoms with E-state index in [4.69, 9.17) is 18.3 Å². The van der Waals surface area contributed by atoms with Crippen molar-refractivity contribution in [1.82, 2.24) is 0 Å². The Balaban J connectivity index is 1.76. The third kappa shape index (κ3) is 3.65. The lowest BCUT2D eigenvalue weighted by atomic mass is 10.1. The van der Waals surface area contributed by atoms with Crippen molar-refractivity contribution in [2.45, 2.75) is 6.92 Å². The van der Waals surface area contributed by atoms with Crippen molar-refractivity contribution in [3.05, 3.63) is 76.6 Å². The molecule has 0 aliphatic rings. The number of methoxy groups -OCH3 is 1. The van der Waals surface area contributed by atoms with Crippen LogP contribution in [0.1, 0.15) is 17.3 Å². The molecule has 0 N–H and O–H groups in total. The van der Waals surface area contributed by atoms with E-state index in [1.807, 2.05) is 12.1 Å². The number of hydrogen-bond acceptors (Lipinski definition) is 6. The monoisotopic (exact) mass is 390 g/mol. The first-order chi connectivity index (χ1) is 14.1. The molecule has 2 heterocycles. The molecular formula is C23H18O6. The highest BCUT2D eigenvalue weighted by atomic mass is 16.5. The summed E-state index contributed by atoms with van der Waals surface area (Å²) >= 11 is 0. The molecular weight excluding hydrogens is 372 g/mol. The van der Waals surface area contributed by atoms with Crippen molar-refractivity contribution in [2.24, 2.45) is 0 Å². The van der Waals surface area contributed by atoms with E-state index in [0.717, 1.165) is 10.9 Å². The van der Waals surface area contributed by atoms with Gasteiger partial charge in [-0.3, -0.25) is 0 Å². The topological polar surface area (TPSA) is 78.9 Å². The molecule has 6 heteroatoms. The van der Waals surface area contributed by atoms with E-state index in [1.54, 1.807) is 56.5 Å². The van der Waals surface area contributed by atoms with Gasteiger partial charge in [-0.15, -0.1) is 0 Å². The van der Waals surface area contributed by atoms with Gasteiger partial charge in [0.05, 0.1) is 19.3 Å². The van der Waals surface area contributed by atoms with Gasteiger partial charge in [0.1, 0.15) is 22.9 Å². The standard InChI is InChI=1S/C23H18O6/c1-3-27-23(25)15-6-4-5-14(11-15)19-9-10-20(28-19)18-13-22(24)29-21-12-16(26-2)7-8-17(18)21/h4-13H,3H2,1-2H3. The Labute approximate surface area is 166 Å². The summed E-state index contributed by atoms with van der Waals surface area (Å²) in [5, 5.41) is 0.728. The summed E-state index contributed by atoms with van der Waals surface area (Å²) in [6, 6.07) is 17.2. The number of ether oxygens (including phenoxy) is 2. The SMILES string of the molecule is CCOC(=O)c1cccc(-c2ccc(-c3cc(=O)oc4cc(OC)ccc34)o2)c1. The maximum atomic E-state index is 12.0. The van der Waals surface area contributed by atoms with Crippen LogP contribution in [0.5, 0.6) is 5.75 Å². The molecule has 0 radical (unpaired) electrons. The zero-order valence-electron chi connectivity index (χ0n) is 15.9. The molecule has 0 amide bonds. The van der Waals surface area contributed by atoms with Gasteiger partial charge < -0.3 is 18.3 Å². The fraction of sp³-hybridized carbons (Fsp3) is 0.130. The third-order valence-electron chi connectivity index (χ3n) is 4.48. The number of hydrogen-bond donors (Lipinski definition) is 0. The summed E-state index contributed by atoms with van der Waals surface area (Å²) in [5.41, 5.74) is 1.72. The molecule has 0 fully saturated rings. The molecule has 0 saturated heterocycles. The predicted octanol–water partition coefficient (Wildman–Crippen LogP) is 4.91. The van der Waals surface area contributed by atoms with Gasteiger partial charge in [-0.2, -0.15) is 0 Å². The summed E-state index contributed by atoms with van der Waals surface area (Å²) < 4.78 is 21.5. The van der Waals surface area contributed by atoms with Crippen LogP contribution in [0.4, 0.5) is 0 Å². The zero-order chi connectivity index (χ0) is 20.4. The van der Waals surface area contributed by atoms with Crippen LogP contribution in [0.3, 0.4) is 0 Å². The summed E-state index contributed by atoms with van der Waals surface area (Å²) in [7, 11) is 1.55. The smallest absolute Gasteiger partial charge is 0.338 e. The van der Waals surface area contributed by atoms with Crippen molar-refractivity contribution in [1.29, 1.82) is 0 Å². The molecule has 0 saturated carbocycles. The van der Waals surface area contributed by atoms with Gasteiger partial charge in [-0.1, -0.05) is 12.1 Å². The van der Waals surface area contributed by atoms with E-state index in [9.17, 15) is 9.59 Å². The average Bonchev–Trinajstić information content (AvgIpc) is 3.23. The fourth-order valence-corrected chi connectivity index (χ4v) is 3.13. The Morgan fingerprint density at radius 2 is 1.79 bits per heavy atom. The summed E-state index contributed by atoms with van der Waals surface area (Å²) in [4.78, 5) is 24.0. The average molecular weight is 390 g/mol. The van der Waals surface area contributed by atoms with Gasteiger partial charge in [0.2, 0.25) is 0 Å². The number of carbonyl (C=O) groups is 1. The van der Waals surface area contributed by atoms with Crippen LogP contribution in [-0.4, -0.2) is 19.7 Å². The van der Waals surface area contributed by atoms with Crippen LogP contribution >= 0.6 is 0 Å². The number of carbonyl (C=O) groups excluding carboxylic acids is 1. The molecule has 0 aliphatic carbocycles. The van der Waals surface area contributed by atoms with Crippen molar-refractivity contribution in [2.75, 3.05) is 13.7 Å². The molecule has 0 unspecified atom stereocenters. The predicted molar refractivity (Wildman–Crippen MR) is 108 cm³/mol. The molecule has 4 rings (SSSR count). The highest BCUT2D eigenvalue weighted by Crippen LogP contribution is 2.33. The third-order valence-corrected chi connectivity index (χ3v) is 4.48. The van der Waals surface area contributed by atoms with E-state index in [2.05, 4.69) is 0 Å². The Morgan fingerprint density at radius 3 is 2.59 bits per heavy atom. The maximum Gasteiger partial charge on any atom is 0.338 e. The Kier molecular flexibility index (Phi) is 4.91. The number of esters is 1. The first-order valence-electron chi connectivity index (χ1n) is 9.08. The highest BCUT2D eigenvalue weighted by Gasteiger charge is 2.14. The van der Waals surface area contributed by atoms with Crippen LogP contribution in [0.2, 0.25) is 0 Å². The molecule has 0 aliphatic heterocycles. The lowest BCUT2D eigenvalue weighted by Gasteiger charge is -2.05. The van der Waals surface area contributed by atoms with Crippen LogP contribution < -0.4 is 10.4 Å². The first kappa shape index (κ1) is 18.6. The summed E-state index contributed by atoms with van der Waals surface area (Å²) in [6.45, 7) is 2.07. The van der Waals surface area contributed by atoms with Gasteiger partial charge in [-0.05, 0) is 43.3 Å². The van der Waals surface area contributed by atoms with E-state index in [1.165, 1.54) is 6.07 Å². The molecule has 4 aromatic rings. The van der Waals surface area contributed by atoms with Gasteiger partial charge >= 0.3 is 11.6 Å². The van der Waals surface area contributed by atoms with Crippen molar-refractivity contribution >= 4 is 16.9 Å². The molecule has 0 bridgehead atoms. The van der Waals surface area contributed by atoms with Gasteiger partial charge in [-0.25, -0.2) is 9.59 Å². The minimum absolute atomic E-state index is 0.308. The second-order valence-electron chi connectivity index (χ2n) is 6.31. The lowest BCUT2D eigenvalue weighted by molar-refractivity contribution is 0.0526. The second kappa shape index (κ2) is 7.67. The maximum absolute atomic E-state index is 12.0. The number of furan rings is 1. The Hall–Kier alpha value is -3.80. The quantitative estimate of drug-likeness (QED) is 0.356. The Bertz CT molecular complexity index is 1250. The van der Waals surface area contributed by atoms with Gasteiger partial charge in [0.25, 0.3) is 0 Å². The minimum atomic E-state index is -0.483. The number of rotatable bonds is 5. The highest BCUT2D eigenvalue weighted by molar-refractivity contribution is 5.93. The summed E-state index contributed by atoms with van der Waals surface area (Å²) in [6.07, 6.45) is 0. The molecule has 29 heavy (non-hydrogen) atoms. The molecule has 0 spiro atoms. The fourth-order valence-electron chi connectivity index (χ4n) is 3.13. The van der Waals surface area contributed by atoms with Crippen molar-refractivity contribution in [3.8, 4) is 28.4 Å². The zero-order valence-corrected chi connectivity index (χ0v) is 15.9. The van der Waals surface area contributed by atoms with E-state index in [0.29, 0.717) is 40.6 Å². The van der Waals surface area contributed by atoms with Crippen LogP contribution in [0.15, 0.2) is 74.3 Å². The van der Waals surface area contributed by atoms with E-state index >= 15 is 0 Å². The van der Waals surface area contributed by atoms with E-state index < -0.39 is 5.63 Å². The molecule has 146 valence electrons. The van der Waals surface area contributed by atoms with Crippen LogP contribution in [0, 0.1) is 0 Å². The minimum Gasteiger partial charge on any atom is -0.497 e. The lowest BCUT2D eigenvalue weighted by Crippen LogP contribution is -2.04. The first-order valence-corrected chi connectivity index (χ1v) is 9.08. The molecule has 0 atom stereocenters. The molecule has 2 aromatic heterocycles. The second-order valence-corrected chi connectivity index (χ2v) is 6.31. The van der Waals surface area contributed by atoms with Crippen molar-refractivity contribution < 1.29 is 23.1 Å². The number of fused-ring (bicyclic) bond motifs is 1. The molecule has 2 aromatic carbocycles. The largest absolute Gasteiger partial charge is 0.497 e. The van der Waals surface area contributed by atoms with Crippen LogP contribution in [-0.2, 0) is 4.74 Å². The van der Waals surface area contributed by atoms with Gasteiger partial charge in [0.15, 0.2) is 0 Å². The van der Waals surface area contributed by atoms with E-state index in [-0.39, 0.29) is 5.97 Å². The van der Waals surface area contributed by atoms with Crippen molar-refractivity contribution in [3.63, 3.8) is 0 Å². The Morgan fingerprint density at radius 1 is 0.966 bits per heavy atom.